The van der Waals surface area contributed by atoms with Crippen LogP contribution in [0.4, 0.5) is 5.69 Å². The van der Waals surface area contributed by atoms with E-state index in [1.807, 2.05) is 48.5 Å². The molecule has 2 aromatic heterocycles. The molecule has 0 aliphatic rings. The van der Waals surface area contributed by atoms with Gasteiger partial charge in [-0.3, -0.25) is 9.59 Å². The first kappa shape index (κ1) is 31.1. The summed E-state index contributed by atoms with van der Waals surface area (Å²) >= 11 is 1.13. The molecule has 6 aromatic rings. The Balaban J connectivity index is 1.03. The molecule has 0 atom stereocenters. The normalized spacial score (nSPS) is 11.1. The molecule has 0 saturated heterocycles. The van der Waals surface area contributed by atoms with Gasteiger partial charge in [0.1, 0.15) is 5.82 Å². The number of hydrogen-bond acceptors (Lipinski definition) is 10. The van der Waals surface area contributed by atoms with Crippen LogP contribution in [-0.4, -0.2) is 58.9 Å². The standard InChI is InChI=1S/C35H29N5O6S/c1-43-29-17-21(18-30(44-2)32(29)45-3)9-16-28(41)22-10-13-25(14-11-22)36-31(42)20-47-35-40-39-34(46-35)24-12-15-26-27(19-24)38-33(37-26)23-7-5-4-6-8-23/h4-19H,20H2,1-3H3,(H,36,42)(H,37,38)/b16-9+. The second-order valence-electron chi connectivity index (χ2n) is 10.1. The van der Waals surface area contributed by atoms with Gasteiger partial charge < -0.3 is 28.9 Å². The lowest BCUT2D eigenvalue weighted by atomic mass is 10.1. The summed E-state index contributed by atoms with van der Waals surface area (Å²) in [6.45, 7) is 0. The second kappa shape index (κ2) is 14.0. The molecule has 2 N–H and O–H groups in total. The zero-order chi connectivity index (χ0) is 32.8. The number of methoxy groups -OCH3 is 3. The van der Waals surface area contributed by atoms with Gasteiger partial charge in [-0.1, -0.05) is 48.2 Å². The highest BCUT2D eigenvalue weighted by atomic mass is 32.2. The number of anilines is 1. The zero-order valence-corrected chi connectivity index (χ0v) is 26.5. The summed E-state index contributed by atoms with van der Waals surface area (Å²) in [6.07, 6.45) is 3.12. The Bertz CT molecular complexity index is 2050. The van der Waals surface area contributed by atoms with E-state index >= 15 is 0 Å². The van der Waals surface area contributed by atoms with Crippen LogP contribution in [0.5, 0.6) is 17.2 Å². The molecule has 6 rings (SSSR count). The number of ketones is 1. The highest BCUT2D eigenvalue weighted by Gasteiger charge is 2.15. The number of aromatic amines is 1. The number of ether oxygens (including phenoxy) is 3. The molecule has 47 heavy (non-hydrogen) atoms. The van der Waals surface area contributed by atoms with Gasteiger partial charge in [0, 0.05) is 22.4 Å². The van der Waals surface area contributed by atoms with Crippen molar-refractivity contribution in [2.45, 2.75) is 5.22 Å². The SMILES string of the molecule is COc1cc(/C=C/C(=O)c2ccc(NC(=O)CSc3nnc(-c4ccc5nc(-c6ccccc6)[nH]c5c4)o3)cc2)cc(OC)c1OC. The number of imidazole rings is 1. The Morgan fingerprint density at radius 1 is 0.872 bits per heavy atom. The minimum absolute atomic E-state index is 0.0554. The highest BCUT2D eigenvalue weighted by Crippen LogP contribution is 2.38. The Morgan fingerprint density at radius 3 is 2.32 bits per heavy atom. The Hall–Kier alpha value is -5.88. The van der Waals surface area contributed by atoms with Crippen LogP contribution in [0.15, 0.2) is 101 Å². The van der Waals surface area contributed by atoms with Crippen molar-refractivity contribution in [3.05, 3.63) is 102 Å². The van der Waals surface area contributed by atoms with Crippen molar-refractivity contribution in [2.75, 3.05) is 32.4 Å². The summed E-state index contributed by atoms with van der Waals surface area (Å²) in [7, 11) is 4.59. The molecular weight excluding hydrogens is 618 g/mol. The van der Waals surface area contributed by atoms with Gasteiger partial charge in [-0.2, -0.15) is 0 Å². The number of benzene rings is 4. The zero-order valence-electron chi connectivity index (χ0n) is 25.6. The van der Waals surface area contributed by atoms with Crippen LogP contribution in [0.2, 0.25) is 0 Å². The smallest absolute Gasteiger partial charge is 0.277 e. The van der Waals surface area contributed by atoms with Crippen LogP contribution >= 0.6 is 11.8 Å². The average molecular weight is 648 g/mol. The number of H-pyrrole nitrogens is 1. The molecule has 0 radical (unpaired) electrons. The minimum Gasteiger partial charge on any atom is -0.493 e. The number of carbonyl (C=O) groups excluding carboxylic acids is 2. The summed E-state index contributed by atoms with van der Waals surface area (Å²) in [5.41, 5.74) is 5.11. The average Bonchev–Trinajstić information content (AvgIpc) is 3.77. The Morgan fingerprint density at radius 2 is 1.62 bits per heavy atom. The van der Waals surface area contributed by atoms with Crippen LogP contribution in [0, 0.1) is 0 Å². The maximum absolute atomic E-state index is 12.8. The number of thioether (sulfide) groups is 1. The highest BCUT2D eigenvalue weighted by molar-refractivity contribution is 7.99. The Kier molecular flexibility index (Phi) is 9.30. The number of amides is 1. The van der Waals surface area contributed by atoms with Crippen molar-refractivity contribution >= 4 is 46.2 Å². The molecule has 0 fully saturated rings. The largest absolute Gasteiger partial charge is 0.493 e. The maximum atomic E-state index is 12.8. The minimum atomic E-state index is -0.261. The monoisotopic (exact) mass is 647 g/mol. The van der Waals surface area contributed by atoms with E-state index in [0.29, 0.717) is 40.0 Å². The van der Waals surface area contributed by atoms with Crippen LogP contribution in [0.3, 0.4) is 0 Å². The van der Waals surface area contributed by atoms with E-state index in [-0.39, 0.29) is 22.7 Å². The number of nitrogens with zero attached hydrogens (tertiary/aromatic N) is 3. The predicted octanol–water partition coefficient (Wildman–Crippen LogP) is 6.93. The summed E-state index contributed by atoms with van der Waals surface area (Å²) in [5, 5.41) is 11.3. The summed E-state index contributed by atoms with van der Waals surface area (Å²) in [5.74, 6) is 2.15. The van der Waals surface area contributed by atoms with Gasteiger partial charge in [0.05, 0.1) is 38.1 Å². The lowest BCUT2D eigenvalue weighted by Gasteiger charge is -2.12. The molecule has 0 saturated carbocycles. The number of nitrogens with one attached hydrogen (secondary N) is 2. The van der Waals surface area contributed by atoms with E-state index in [0.717, 1.165) is 39.7 Å². The van der Waals surface area contributed by atoms with Crippen molar-refractivity contribution < 1.29 is 28.2 Å². The number of fused-ring (bicyclic) bond motifs is 1. The van der Waals surface area contributed by atoms with E-state index < -0.39 is 0 Å². The molecule has 236 valence electrons. The van der Waals surface area contributed by atoms with Gasteiger partial charge in [-0.15, -0.1) is 10.2 Å². The van der Waals surface area contributed by atoms with E-state index in [4.69, 9.17) is 18.6 Å². The molecule has 0 bridgehead atoms. The molecule has 1 amide bonds. The fraction of sp³-hybridized carbons (Fsp3) is 0.114. The van der Waals surface area contributed by atoms with Crippen LogP contribution < -0.4 is 19.5 Å². The molecule has 11 nitrogen and oxygen atoms in total. The van der Waals surface area contributed by atoms with Crippen molar-refractivity contribution in [2.24, 2.45) is 0 Å². The third kappa shape index (κ3) is 7.18. The van der Waals surface area contributed by atoms with Crippen LogP contribution in [-0.2, 0) is 4.79 Å². The molecule has 0 aliphatic heterocycles. The van der Waals surface area contributed by atoms with Crippen molar-refractivity contribution in [3.63, 3.8) is 0 Å². The summed E-state index contributed by atoms with van der Waals surface area (Å²) < 4.78 is 21.9. The number of allylic oxidation sites excluding steroid dienone is 1. The topological polar surface area (TPSA) is 141 Å². The van der Waals surface area contributed by atoms with Crippen LogP contribution in [0.1, 0.15) is 15.9 Å². The first-order valence-electron chi connectivity index (χ1n) is 14.4. The van der Waals surface area contributed by atoms with E-state index in [1.54, 1.807) is 42.5 Å². The molecule has 0 aliphatic carbocycles. The van der Waals surface area contributed by atoms with Crippen molar-refractivity contribution in [1.82, 2.24) is 20.2 Å². The first-order chi connectivity index (χ1) is 22.9. The molecule has 2 heterocycles. The van der Waals surface area contributed by atoms with E-state index in [9.17, 15) is 9.59 Å². The number of hydrogen-bond donors (Lipinski definition) is 2. The lowest BCUT2D eigenvalue weighted by molar-refractivity contribution is -0.113. The van der Waals surface area contributed by atoms with E-state index in [1.165, 1.54) is 27.4 Å². The van der Waals surface area contributed by atoms with Crippen LogP contribution in [0.25, 0.3) is 40.0 Å². The van der Waals surface area contributed by atoms with Gasteiger partial charge in [-0.25, -0.2) is 4.98 Å². The fourth-order valence-electron chi connectivity index (χ4n) is 4.77. The fourth-order valence-corrected chi connectivity index (χ4v) is 5.33. The third-order valence-corrected chi connectivity index (χ3v) is 7.90. The second-order valence-corrected chi connectivity index (χ2v) is 11.1. The molecule has 0 spiro atoms. The summed E-state index contributed by atoms with van der Waals surface area (Å²) in [4.78, 5) is 33.4. The van der Waals surface area contributed by atoms with Gasteiger partial charge in [0.25, 0.3) is 5.22 Å². The number of aromatic nitrogens is 4. The Labute approximate surface area is 274 Å². The maximum Gasteiger partial charge on any atom is 0.277 e. The summed E-state index contributed by atoms with van der Waals surface area (Å²) in [6, 6.07) is 25.7. The lowest BCUT2D eigenvalue weighted by Crippen LogP contribution is -2.14. The third-order valence-electron chi connectivity index (χ3n) is 7.08. The predicted molar refractivity (Wildman–Crippen MR) is 180 cm³/mol. The number of rotatable bonds is 12. The van der Waals surface area contributed by atoms with Gasteiger partial charge >= 0.3 is 0 Å². The van der Waals surface area contributed by atoms with Gasteiger partial charge in [0.15, 0.2) is 17.3 Å². The van der Waals surface area contributed by atoms with E-state index in [2.05, 4.69) is 25.5 Å². The van der Waals surface area contributed by atoms with Gasteiger partial charge in [-0.05, 0) is 66.2 Å². The van der Waals surface area contributed by atoms with Crippen molar-refractivity contribution in [1.29, 1.82) is 0 Å². The quantitative estimate of drug-likeness (QED) is 0.0816. The molecule has 0 unspecified atom stereocenters. The molecule has 4 aromatic carbocycles. The molecule has 12 heteroatoms. The van der Waals surface area contributed by atoms with Gasteiger partial charge in [0.2, 0.25) is 17.5 Å². The first-order valence-corrected chi connectivity index (χ1v) is 15.4. The van der Waals surface area contributed by atoms with Crippen molar-refractivity contribution in [3.8, 4) is 40.1 Å². The molecular formula is C35H29N5O6S. The number of carbonyl (C=O) groups is 2.